The summed E-state index contributed by atoms with van der Waals surface area (Å²) in [6, 6.07) is 0. The lowest BCUT2D eigenvalue weighted by molar-refractivity contribution is -0.117. The molecule has 0 spiro atoms. The Morgan fingerprint density at radius 2 is 1.93 bits per heavy atom. The van der Waals surface area contributed by atoms with Gasteiger partial charge in [-0.05, 0) is 47.2 Å². The zero-order chi connectivity index (χ0) is 11.2. The van der Waals surface area contributed by atoms with Gasteiger partial charge in [0.15, 0.2) is 0 Å². The van der Waals surface area contributed by atoms with Gasteiger partial charge >= 0.3 is 0 Å². The Kier molecular flexibility index (Phi) is 5.96. The fourth-order valence-corrected chi connectivity index (χ4v) is 1.50. The summed E-state index contributed by atoms with van der Waals surface area (Å²) in [6.45, 7) is 6.85. The van der Waals surface area contributed by atoms with Gasteiger partial charge in [0.1, 0.15) is 5.78 Å². The number of carbonyl (C=O) groups is 1. The van der Waals surface area contributed by atoms with Crippen LogP contribution in [0.15, 0.2) is 0 Å². The van der Waals surface area contributed by atoms with Crippen LogP contribution in [0, 0.1) is 0 Å². The highest BCUT2D eigenvalue weighted by Crippen LogP contribution is 2.05. The van der Waals surface area contributed by atoms with Crippen LogP contribution in [0.5, 0.6) is 0 Å². The standard InChI is InChI=1S/C11H23NO2/c1-10(13)7-5-6-8-12(4)9-11(2,3)14/h14H,5-9H2,1-4H3. The minimum absolute atomic E-state index is 0.259. The third-order valence-corrected chi connectivity index (χ3v) is 1.98. The van der Waals surface area contributed by atoms with Crippen molar-refractivity contribution in [2.45, 2.75) is 45.6 Å². The molecule has 0 amide bonds. The molecule has 0 aromatic heterocycles. The Morgan fingerprint density at radius 3 is 2.36 bits per heavy atom. The molecular formula is C11H23NO2. The minimum Gasteiger partial charge on any atom is -0.389 e. The molecule has 0 aromatic rings. The van der Waals surface area contributed by atoms with Crippen molar-refractivity contribution >= 4 is 5.78 Å². The van der Waals surface area contributed by atoms with Crippen molar-refractivity contribution in [2.24, 2.45) is 0 Å². The predicted molar refractivity (Wildman–Crippen MR) is 58.3 cm³/mol. The summed E-state index contributed by atoms with van der Waals surface area (Å²) in [6.07, 6.45) is 2.65. The van der Waals surface area contributed by atoms with Crippen LogP contribution in [-0.2, 0) is 4.79 Å². The second-order valence-electron chi connectivity index (χ2n) is 4.71. The van der Waals surface area contributed by atoms with E-state index in [9.17, 15) is 9.90 Å². The number of hydrogen-bond donors (Lipinski definition) is 1. The first-order valence-corrected chi connectivity index (χ1v) is 5.21. The third kappa shape index (κ3) is 9.68. The first kappa shape index (κ1) is 13.6. The Balaban J connectivity index is 3.45. The Bertz CT molecular complexity index is 173. The number of carbonyl (C=O) groups excluding carboxylic acids is 1. The van der Waals surface area contributed by atoms with Gasteiger partial charge in [0.2, 0.25) is 0 Å². The second kappa shape index (κ2) is 6.14. The number of nitrogens with zero attached hydrogens (tertiary/aromatic N) is 1. The van der Waals surface area contributed by atoms with Crippen LogP contribution in [0.2, 0.25) is 0 Å². The Morgan fingerprint density at radius 1 is 1.36 bits per heavy atom. The normalized spacial score (nSPS) is 12.1. The van der Waals surface area contributed by atoms with Crippen LogP contribution in [0.1, 0.15) is 40.0 Å². The average molecular weight is 201 g/mol. The van der Waals surface area contributed by atoms with Crippen LogP contribution in [0.25, 0.3) is 0 Å². The van der Waals surface area contributed by atoms with Crippen molar-refractivity contribution in [3.8, 4) is 0 Å². The number of ketones is 1. The first-order valence-electron chi connectivity index (χ1n) is 5.21. The molecule has 0 bridgehead atoms. The van der Waals surface area contributed by atoms with Crippen molar-refractivity contribution in [1.29, 1.82) is 0 Å². The van der Waals surface area contributed by atoms with E-state index in [2.05, 4.69) is 4.90 Å². The molecule has 0 aliphatic rings. The molecule has 0 saturated carbocycles. The quantitative estimate of drug-likeness (QED) is 0.634. The fourth-order valence-electron chi connectivity index (χ4n) is 1.50. The van der Waals surface area contributed by atoms with Gasteiger partial charge in [0.05, 0.1) is 5.60 Å². The topological polar surface area (TPSA) is 40.5 Å². The van der Waals surface area contributed by atoms with Crippen LogP contribution in [-0.4, -0.2) is 41.5 Å². The zero-order valence-corrected chi connectivity index (χ0v) is 9.84. The van der Waals surface area contributed by atoms with Gasteiger partial charge < -0.3 is 14.8 Å². The molecule has 0 saturated heterocycles. The van der Waals surface area contributed by atoms with Gasteiger partial charge in [-0.1, -0.05) is 0 Å². The number of rotatable bonds is 7. The number of unbranched alkanes of at least 4 members (excludes halogenated alkanes) is 1. The van der Waals surface area contributed by atoms with Crippen molar-refractivity contribution in [3.05, 3.63) is 0 Å². The molecule has 0 unspecified atom stereocenters. The van der Waals surface area contributed by atoms with Gasteiger partial charge in [-0.15, -0.1) is 0 Å². The molecule has 3 nitrogen and oxygen atoms in total. The molecular weight excluding hydrogens is 178 g/mol. The molecule has 3 heteroatoms. The van der Waals surface area contributed by atoms with E-state index < -0.39 is 5.60 Å². The summed E-state index contributed by atoms with van der Waals surface area (Å²) in [7, 11) is 1.99. The number of Topliss-reactive ketones (excluding diaryl/α,β-unsaturated/α-hetero) is 1. The first-order chi connectivity index (χ1) is 6.31. The summed E-state index contributed by atoms with van der Waals surface area (Å²) in [5.41, 5.74) is -0.630. The van der Waals surface area contributed by atoms with Crippen LogP contribution < -0.4 is 0 Å². The average Bonchev–Trinajstić information content (AvgIpc) is 1.94. The minimum atomic E-state index is -0.630. The van der Waals surface area contributed by atoms with Gasteiger partial charge in [-0.3, -0.25) is 0 Å². The summed E-state index contributed by atoms with van der Waals surface area (Å²) in [4.78, 5) is 12.8. The molecule has 0 atom stereocenters. The van der Waals surface area contributed by atoms with Gasteiger partial charge in [0.25, 0.3) is 0 Å². The van der Waals surface area contributed by atoms with Crippen molar-refractivity contribution in [3.63, 3.8) is 0 Å². The van der Waals surface area contributed by atoms with E-state index in [0.717, 1.165) is 19.4 Å². The largest absolute Gasteiger partial charge is 0.389 e. The van der Waals surface area contributed by atoms with Crippen LogP contribution >= 0.6 is 0 Å². The number of likely N-dealkylation sites (N-methyl/N-ethyl adjacent to an activating group) is 1. The van der Waals surface area contributed by atoms with Crippen LogP contribution in [0.4, 0.5) is 0 Å². The van der Waals surface area contributed by atoms with E-state index in [1.54, 1.807) is 20.8 Å². The lowest BCUT2D eigenvalue weighted by atomic mass is 10.1. The van der Waals surface area contributed by atoms with Crippen molar-refractivity contribution < 1.29 is 9.90 Å². The SMILES string of the molecule is CC(=O)CCCCN(C)CC(C)(C)O. The van der Waals surface area contributed by atoms with Crippen molar-refractivity contribution in [2.75, 3.05) is 20.1 Å². The molecule has 14 heavy (non-hydrogen) atoms. The van der Waals surface area contributed by atoms with Gasteiger partial charge in [-0.2, -0.15) is 0 Å². The molecule has 0 rings (SSSR count). The second-order valence-corrected chi connectivity index (χ2v) is 4.71. The van der Waals surface area contributed by atoms with E-state index >= 15 is 0 Å². The molecule has 0 fully saturated rings. The summed E-state index contributed by atoms with van der Waals surface area (Å²) >= 11 is 0. The highest BCUT2D eigenvalue weighted by atomic mass is 16.3. The molecule has 0 aliphatic heterocycles. The van der Waals surface area contributed by atoms with E-state index in [1.165, 1.54) is 0 Å². The maximum absolute atomic E-state index is 10.7. The highest BCUT2D eigenvalue weighted by molar-refractivity contribution is 5.75. The molecule has 0 aromatic carbocycles. The molecule has 1 N–H and O–H groups in total. The lowest BCUT2D eigenvalue weighted by Gasteiger charge is -2.25. The summed E-state index contributed by atoms with van der Waals surface area (Å²) < 4.78 is 0. The molecule has 0 aliphatic carbocycles. The number of hydrogen-bond acceptors (Lipinski definition) is 3. The van der Waals surface area contributed by atoms with Gasteiger partial charge in [-0.25, -0.2) is 0 Å². The molecule has 0 radical (unpaired) electrons. The maximum atomic E-state index is 10.7. The fraction of sp³-hybridized carbons (Fsp3) is 0.909. The third-order valence-electron chi connectivity index (χ3n) is 1.98. The molecule has 0 heterocycles. The maximum Gasteiger partial charge on any atom is 0.129 e. The smallest absolute Gasteiger partial charge is 0.129 e. The van der Waals surface area contributed by atoms with E-state index in [-0.39, 0.29) is 5.78 Å². The van der Waals surface area contributed by atoms with E-state index in [0.29, 0.717) is 13.0 Å². The molecule has 84 valence electrons. The van der Waals surface area contributed by atoms with E-state index in [4.69, 9.17) is 0 Å². The number of aliphatic hydroxyl groups is 1. The highest BCUT2D eigenvalue weighted by Gasteiger charge is 2.14. The van der Waals surface area contributed by atoms with E-state index in [1.807, 2.05) is 7.05 Å². The summed E-state index contributed by atoms with van der Waals surface area (Å²) in [5, 5.41) is 9.54. The van der Waals surface area contributed by atoms with Crippen molar-refractivity contribution in [1.82, 2.24) is 4.90 Å². The lowest BCUT2D eigenvalue weighted by Crippen LogP contribution is -2.36. The predicted octanol–water partition coefficient (Wildman–Crippen LogP) is 1.45. The summed E-state index contributed by atoms with van der Waals surface area (Å²) in [5.74, 6) is 0.259. The zero-order valence-electron chi connectivity index (χ0n) is 9.84. The Hall–Kier alpha value is -0.410. The Labute approximate surface area is 87.1 Å². The van der Waals surface area contributed by atoms with Gasteiger partial charge in [0, 0.05) is 13.0 Å². The van der Waals surface area contributed by atoms with Crippen LogP contribution in [0.3, 0.4) is 0 Å². The monoisotopic (exact) mass is 201 g/mol.